The monoisotopic (exact) mass is 296 g/mol. The van der Waals surface area contributed by atoms with Crippen LogP contribution >= 0.6 is 0 Å². The molecule has 22 heavy (non-hydrogen) atoms. The van der Waals surface area contributed by atoms with E-state index in [0.717, 1.165) is 22.5 Å². The first-order valence-electron chi connectivity index (χ1n) is 7.42. The Morgan fingerprint density at radius 3 is 2.55 bits per heavy atom. The van der Waals surface area contributed by atoms with Gasteiger partial charge in [-0.1, -0.05) is 35.4 Å². The molecule has 114 valence electrons. The van der Waals surface area contributed by atoms with Gasteiger partial charge in [-0.05, 0) is 37.1 Å². The minimum absolute atomic E-state index is 0.00342. The molecule has 0 unspecified atom stereocenters. The van der Waals surface area contributed by atoms with Crippen molar-refractivity contribution in [3.05, 3.63) is 58.7 Å². The molecule has 0 atom stereocenters. The predicted octanol–water partition coefficient (Wildman–Crippen LogP) is 3.32. The first-order chi connectivity index (χ1) is 10.5. The lowest BCUT2D eigenvalue weighted by atomic mass is 10.0. The fourth-order valence-corrected chi connectivity index (χ4v) is 2.98. The van der Waals surface area contributed by atoms with Crippen LogP contribution in [0.1, 0.15) is 22.3 Å². The highest BCUT2D eigenvalue weighted by Gasteiger charge is 2.19. The fourth-order valence-electron chi connectivity index (χ4n) is 2.98. The standard InChI is InChI=1S/C18H20N2O2/c1-12-3-5-16-15(8-12)10-20(11-18(21)22)17-6-4-13(2)7-14(17)9-19-16/h3-8,19H,9-11H2,1-2H3,(H,21,22). The lowest BCUT2D eigenvalue weighted by Gasteiger charge is -2.30. The predicted molar refractivity (Wildman–Crippen MR) is 88.4 cm³/mol. The van der Waals surface area contributed by atoms with Crippen LogP contribution < -0.4 is 10.2 Å². The average molecular weight is 296 g/mol. The van der Waals surface area contributed by atoms with Crippen molar-refractivity contribution in [2.45, 2.75) is 26.9 Å². The van der Waals surface area contributed by atoms with Crippen molar-refractivity contribution in [2.75, 3.05) is 16.8 Å². The SMILES string of the molecule is Cc1ccc2c(c1)CN(CC(=O)O)c1ccc(C)cc1CN2. The second-order valence-corrected chi connectivity index (χ2v) is 5.90. The van der Waals surface area contributed by atoms with E-state index in [1.807, 2.05) is 17.0 Å². The number of carbonyl (C=O) groups is 1. The topological polar surface area (TPSA) is 52.6 Å². The van der Waals surface area contributed by atoms with Gasteiger partial charge >= 0.3 is 5.97 Å². The van der Waals surface area contributed by atoms with E-state index >= 15 is 0 Å². The average Bonchev–Trinajstić information content (AvgIpc) is 2.44. The number of benzene rings is 2. The molecule has 0 aliphatic carbocycles. The number of rotatable bonds is 2. The second kappa shape index (κ2) is 5.72. The summed E-state index contributed by atoms with van der Waals surface area (Å²) in [5, 5.41) is 12.7. The number of aliphatic carboxylic acids is 1. The Morgan fingerprint density at radius 1 is 1.14 bits per heavy atom. The van der Waals surface area contributed by atoms with Gasteiger partial charge in [-0.3, -0.25) is 4.79 Å². The van der Waals surface area contributed by atoms with Gasteiger partial charge in [-0.2, -0.15) is 0 Å². The molecule has 1 aliphatic heterocycles. The van der Waals surface area contributed by atoms with Crippen molar-refractivity contribution >= 4 is 17.3 Å². The van der Waals surface area contributed by atoms with E-state index in [1.54, 1.807) is 0 Å². The molecule has 3 rings (SSSR count). The Labute approximate surface area is 130 Å². The molecule has 4 nitrogen and oxygen atoms in total. The van der Waals surface area contributed by atoms with Gasteiger partial charge < -0.3 is 15.3 Å². The van der Waals surface area contributed by atoms with Crippen LogP contribution in [0, 0.1) is 13.8 Å². The molecule has 0 aromatic heterocycles. The van der Waals surface area contributed by atoms with Gasteiger partial charge in [0.05, 0.1) is 0 Å². The number of hydrogen-bond acceptors (Lipinski definition) is 3. The summed E-state index contributed by atoms with van der Waals surface area (Å²) >= 11 is 0. The summed E-state index contributed by atoms with van der Waals surface area (Å²) in [6, 6.07) is 12.5. The molecular weight excluding hydrogens is 276 g/mol. The summed E-state index contributed by atoms with van der Waals surface area (Å²) in [4.78, 5) is 13.2. The van der Waals surface area contributed by atoms with E-state index in [1.165, 1.54) is 11.1 Å². The number of anilines is 2. The Bertz CT molecular complexity index is 725. The highest BCUT2D eigenvalue weighted by Crippen LogP contribution is 2.30. The zero-order chi connectivity index (χ0) is 15.7. The fraction of sp³-hybridized carbons (Fsp3) is 0.278. The van der Waals surface area contributed by atoms with Crippen molar-refractivity contribution in [2.24, 2.45) is 0 Å². The van der Waals surface area contributed by atoms with Crippen molar-refractivity contribution in [3.63, 3.8) is 0 Å². The van der Waals surface area contributed by atoms with Crippen LogP contribution in [0.3, 0.4) is 0 Å². The van der Waals surface area contributed by atoms with Crippen LogP contribution in [-0.2, 0) is 17.9 Å². The van der Waals surface area contributed by atoms with Gasteiger partial charge in [0.1, 0.15) is 6.54 Å². The van der Waals surface area contributed by atoms with Crippen molar-refractivity contribution < 1.29 is 9.90 Å². The molecule has 2 aromatic rings. The molecule has 1 aliphatic rings. The normalized spacial score (nSPS) is 13.5. The largest absolute Gasteiger partial charge is 0.480 e. The van der Waals surface area contributed by atoms with Gasteiger partial charge in [0.15, 0.2) is 0 Å². The molecular formula is C18H20N2O2. The molecule has 0 spiro atoms. The molecule has 4 heteroatoms. The molecule has 0 amide bonds. The van der Waals surface area contributed by atoms with Crippen LogP contribution in [0.4, 0.5) is 11.4 Å². The third kappa shape index (κ3) is 2.91. The van der Waals surface area contributed by atoms with Crippen molar-refractivity contribution in [1.29, 1.82) is 0 Å². The molecule has 0 radical (unpaired) electrons. The summed E-state index contributed by atoms with van der Waals surface area (Å²) in [5.41, 5.74) is 6.70. The number of hydrogen-bond donors (Lipinski definition) is 2. The van der Waals surface area contributed by atoms with E-state index in [-0.39, 0.29) is 6.54 Å². The summed E-state index contributed by atoms with van der Waals surface area (Å²) in [7, 11) is 0. The Hall–Kier alpha value is -2.49. The van der Waals surface area contributed by atoms with Crippen LogP contribution in [0.15, 0.2) is 36.4 Å². The maximum atomic E-state index is 11.3. The van der Waals surface area contributed by atoms with Gasteiger partial charge in [0.25, 0.3) is 0 Å². The lowest BCUT2D eigenvalue weighted by molar-refractivity contribution is -0.135. The molecule has 0 saturated carbocycles. The van der Waals surface area contributed by atoms with Crippen LogP contribution in [0.2, 0.25) is 0 Å². The van der Waals surface area contributed by atoms with E-state index in [2.05, 4.69) is 43.4 Å². The zero-order valence-corrected chi connectivity index (χ0v) is 12.9. The smallest absolute Gasteiger partial charge is 0.323 e. The van der Waals surface area contributed by atoms with Gasteiger partial charge in [-0.25, -0.2) is 0 Å². The minimum Gasteiger partial charge on any atom is -0.480 e. The Kier molecular flexibility index (Phi) is 3.75. The molecule has 0 fully saturated rings. The van der Waals surface area contributed by atoms with E-state index in [9.17, 15) is 9.90 Å². The number of carboxylic acids is 1. The van der Waals surface area contributed by atoms with Gasteiger partial charge in [-0.15, -0.1) is 0 Å². The number of aryl methyl sites for hydroxylation is 2. The molecule has 0 saturated heterocycles. The lowest BCUT2D eigenvalue weighted by Crippen LogP contribution is -2.31. The van der Waals surface area contributed by atoms with E-state index in [0.29, 0.717) is 13.1 Å². The summed E-state index contributed by atoms with van der Waals surface area (Å²) < 4.78 is 0. The Balaban J connectivity index is 2.06. The first-order valence-corrected chi connectivity index (χ1v) is 7.42. The third-order valence-corrected chi connectivity index (χ3v) is 3.99. The zero-order valence-electron chi connectivity index (χ0n) is 12.9. The van der Waals surface area contributed by atoms with E-state index < -0.39 is 5.97 Å². The number of nitrogens with zero attached hydrogens (tertiary/aromatic N) is 1. The van der Waals surface area contributed by atoms with Crippen LogP contribution in [0.5, 0.6) is 0 Å². The Morgan fingerprint density at radius 2 is 1.82 bits per heavy atom. The highest BCUT2D eigenvalue weighted by atomic mass is 16.4. The molecule has 0 bridgehead atoms. The second-order valence-electron chi connectivity index (χ2n) is 5.90. The minimum atomic E-state index is -0.811. The van der Waals surface area contributed by atoms with Crippen molar-refractivity contribution in [1.82, 2.24) is 0 Å². The summed E-state index contributed by atoms with van der Waals surface area (Å²) in [6.07, 6.45) is 0. The highest BCUT2D eigenvalue weighted by molar-refractivity contribution is 5.75. The number of fused-ring (bicyclic) bond motifs is 2. The number of nitrogens with one attached hydrogen (secondary N) is 1. The maximum Gasteiger partial charge on any atom is 0.323 e. The van der Waals surface area contributed by atoms with Gasteiger partial charge in [0.2, 0.25) is 0 Å². The molecule has 2 aromatic carbocycles. The molecule has 2 N–H and O–H groups in total. The van der Waals surface area contributed by atoms with Crippen LogP contribution in [-0.4, -0.2) is 17.6 Å². The quantitative estimate of drug-likeness (QED) is 0.892. The van der Waals surface area contributed by atoms with E-state index in [4.69, 9.17) is 0 Å². The first kappa shape index (κ1) is 14.4. The molecule has 1 heterocycles. The van der Waals surface area contributed by atoms with Gasteiger partial charge in [0, 0.05) is 24.5 Å². The number of carboxylic acid groups (broad SMARTS) is 1. The maximum absolute atomic E-state index is 11.3. The summed E-state index contributed by atoms with van der Waals surface area (Å²) in [5.74, 6) is -0.811. The third-order valence-electron chi connectivity index (χ3n) is 3.99. The van der Waals surface area contributed by atoms with Crippen molar-refractivity contribution in [3.8, 4) is 0 Å². The summed E-state index contributed by atoms with van der Waals surface area (Å²) in [6.45, 7) is 5.40. The van der Waals surface area contributed by atoms with Crippen LogP contribution in [0.25, 0.3) is 0 Å².